The summed E-state index contributed by atoms with van der Waals surface area (Å²) in [5, 5.41) is 2.32. The minimum Gasteiger partial charge on any atom is -0.369 e. The summed E-state index contributed by atoms with van der Waals surface area (Å²) in [7, 11) is 0. The van der Waals surface area contributed by atoms with E-state index in [1.807, 2.05) is 12.1 Å². The number of benzene rings is 2. The van der Waals surface area contributed by atoms with Gasteiger partial charge in [0.05, 0.1) is 5.41 Å². The molecule has 0 saturated carbocycles. The molecule has 0 bridgehead atoms. The molecule has 2 aromatic rings. The first-order valence-electron chi connectivity index (χ1n) is 9.56. The summed E-state index contributed by atoms with van der Waals surface area (Å²) in [5.74, 6) is -0.0327. The fourth-order valence-electron chi connectivity index (χ4n) is 4.48. The Morgan fingerprint density at radius 2 is 1.80 bits per heavy atom. The van der Waals surface area contributed by atoms with Crippen molar-refractivity contribution >= 4 is 16.7 Å². The molecular weight excluding hydrogens is 308 g/mol. The van der Waals surface area contributed by atoms with Crippen LogP contribution in [0.15, 0.2) is 42.5 Å². The van der Waals surface area contributed by atoms with E-state index >= 15 is 0 Å². The van der Waals surface area contributed by atoms with Gasteiger partial charge in [-0.15, -0.1) is 0 Å². The van der Waals surface area contributed by atoms with Crippen molar-refractivity contribution in [1.29, 1.82) is 0 Å². The standard InChI is InChI=1S/C22H30N2O/c1-17(2)22(21(23)25,13-8-16-24-14-5-6-15-24)20-12-7-10-18-9-3-4-11-19(18)20/h3-4,7,9-12,17H,5-6,8,13-16H2,1-2H3,(H2,23,25). The van der Waals surface area contributed by atoms with E-state index in [1.165, 1.54) is 31.3 Å². The van der Waals surface area contributed by atoms with Gasteiger partial charge in [0.1, 0.15) is 0 Å². The van der Waals surface area contributed by atoms with Crippen molar-refractivity contribution in [2.24, 2.45) is 11.7 Å². The molecule has 2 aromatic carbocycles. The molecule has 25 heavy (non-hydrogen) atoms. The zero-order valence-corrected chi connectivity index (χ0v) is 15.5. The monoisotopic (exact) mass is 338 g/mol. The predicted octanol–water partition coefficient (Wildman–Crippen LogP) is 4.09. The molecule has 0 aliphatic carbocycles. The minimum absolute atomic E-state index is 0.161. The van der Waals surface area contributed by atoms with E-state index in [9.17, 15) is 4.79 Å². The summed E-state index contributed by atoms with van der Waals surface area (Å²) in [5.41, 5.74) is 6.52. The quantitative estimate of drug-likeness (QED) is 0.826. The van der Waals surface area contributed by atoms with Gasteiger partial charge < -0.3 is 10.6 Å². The Morgan fingerprint density at radius 3 is 2.48 bits per heavy atom. The molecule has 2 N–H and O–H groups in total. The third kappa shape index (κ3) is 3.43. The Morgan fingerprint density at radius 1 is 1.12 bits per heavy atom. The van der Waals surface area contributed by atoms with Gasteiger partial charge in [-0.1, -0.05) is 56.3 Å². The molecule has 1 amide bonds. The molecule has 3 rings (SSSR count). The second kappa shape index (κ2) is 7.57. The van der Waals surface area contributed by atoms with Crippen LogP contribution >= 0.6 is 0 Å². The van der Waals surface area contributed by atoms with Gasteiger partial charge in [-0.05, 0) is 67.6 Å². The third-order valence-electron chi connectivity index (χ3n) is 5.94. The normalized spacial score (nSPS) is 17.9. The molecule has 1 aliphatic heterocycles. The van der Waals surface area contributed by atoms with Gasteiger partial charge in [0.2, 0.25) is 5.91 Å². The van der Waals surface area contributed by atoms with E-state index in [-0.39, 0.29) is 11.8 Å². The summed E-state index contributed by atoms with van der Waals surface area (Å²) >= 11 is 0. The van der Waals surface area contributed by atoms with E-state index in [1.54, 1.807) is 0 Å². The van der Waals surface area contributed by atoms with Gasteiger partial charge in [0.15, 0.2) is 0 Å². The molecule has 1 atom stereocenters. The van der Waals surface area contributed by atoms with Crippen LogP contribution < -0.4 is 5.73 Å². The number of rotatable bonds is 7. The zero-order chi connectivity index (χ0) is 17.9. The number of primary amides is 1. The number of likely N-dealkylation sites (tertiary alicyclic amines) is 1. The first-order valence-corrected chi connectivity index (χ1v) is 9.56. The predicted molar refractivity (Wildman–Crippen MR) is 105 cm³/mol. The molecule has 3 heteroatoms. The summed E-state index contributed by atoms with van der Waals surface area (Å²) in [4.78, 5) is 15.3. The van der Waals surface area contributed by atoms with Gasteiger partial charge in [0.25, 0.3) is 0 Å². The lowest BCUT2D eigenvalue weighted by atomic mass is 9.67. The van der Waals surface area contributed by atoms with Crippen LogP contribution in [0.25, 0.3) is 10.8 Å². The van der Waals surface area contributed by atoms with Crippen molar-refractivity contribution < 1.29 is 4.79 Å². The molecule has 0 aromatic heterocycles. The van der Waals surface area contributed by atoms with Crippen molar-refractivity contribution in [3.63, 3.8) is 0 Å². The average molecular weight is 338 g/mol. The molecule has 1 unspecified atom stereocenters. The van der Waals surface area contributed by atoms with Crippen LogP contribution in [-0.2, 0) is 10.2 Å². The van der Waals surface area contributed by atoms with E-state index in [2.05, 4.69) is 49.1 Å². The fraction of sp³-hybridized carbons (Fsp3) is 0.500. The largest absolute Gasteiger partial charge is 0.369 e. The molecule has 1 fully saturated rings. The number of nitrogens with two attached hydrogens (primary N) is 1. The molecule has 0 spiro atoms. The molecule has 0 radical (unpaired) electrons. The second-order valence-electron chi connectivity index (χ2n) is 7.67. The third-order valence-corrected chi connectivity index (χ3v) is 5.94. The van der Waals surface area contributed by atoms with Crippen LogP contribution in [-0.4, -0.2) is 30.4 Å². The van der Waals surface area contributed by atoms with Crippen LogP contribution in [0, 0.1) is 5.92 Å². The first-order chi connectivity index (χ1) is 12.1. The molecule has 134 valence electrons. The van der Waals surface area contributed by atoms with Crippen LogP contribution in [0.4, 0.5) is 0 Å². The minimum atomic E-state index is -0.611. The SMILES string of the molecule is CC(C)C(CCCN1CCCC1)(C(N)=O)c1cccc2ccccc12. The highest BCUT2D eigenvalue weighted by atomic mass is 16.1. The summed E-state index contributed by atoms with van der Waals surface area (Å²) in [6.45, 7) is 7.70. The number of amides is 1. The Kier molecular flexibility index (Phi) is 5.43. The van der Waals surface area contributed by atoms with E-state index < -0.39 is 5.41 Å². The van der Waals surface area contributed by atoms with Crippen LogP contribution in [0.1, 0.15) is 45.1 Å². The Bertz CT molecular complexity index is 728. The highest BCUT2D eigenvalue weighted by Gasteiger charge is 2.42. The van der Waals surface area contributed by atoms with Crippen molar-refractivity contribution in [3.05, 3.63) is 48.0 Å². The molecule has 1 heterocycles. The van der Waals surface area contributed by atoms with Gasteiger partial charge >= 0.3 is 0 Å². The van der Waals surface area contributed by atoms with E-state index in [4.69, 9.17) is 5.73 Å². The van der Waals surface area contributed by atoms with Crippen molar-refractivity contribution in [2.45, 2.75) is 44.9 Å². The van der Waals surface area contributed by atoms with E-state index in [0.717, 1.165) is 30.3 Å². The van der Waals surface area contributed by atoms with Gasteiger partial charge in [-0.2, -0.15) is 0 Å². The number of nitrogens with zero attached hydrogens (tertiary/aromatic N) is 1. The van der Waals surface area contributed by atoms with Crippen LogP contribution in [0.3, 0.4) is 0 Å². The van der Waals surface area contributed by atoms with Crippen LogP contribution in [0.2, 0.25) is 0 Å². The Balaban J connectivity index is 1.96. The Labute approximate surface area is 151 Å². The Hall–Kier alpha value is -1.87. The average Bonchev–Trinajstić information content (AvgIpc) is 3.11. The lowest BCUT2D eigenvalue weighted by molar-refractivity contribution is -0.125. The molecule has 1 aliphatic rings. The second-order valence-corrected chi connectivity index (χ2v) is 7.67. The summed E-state index contributed by atoms with van der Waals surface area (Å²) in [6, 6.07) is 14.6. The van der Waals surface area contributed by atoms with Crippen molar-refractivity contribution in [3.8, 4) is 0 Å². The summed E-state index contributed by atoms with van der Waals surface area (Å²) < 4.78 is 0. The maximum absolute atomic E-state index is 12.7. The van der Waals surface area contributed by atoms with Crippen molar-refractivity contribution in [2.75, 3.05) is 19.6 Å². The lowest BCUT2D eigenvalue weighted by Gasteiger charge is -2.36. The first kappa shape index (κ1) is 17.9. The highest BCUT2D eigenvalue weighted by Crippen LogP contribution is 2.40. The smallest absolute Gasteiger partial charge is 0.228 e. The van der Waals surface area contributed by atoms with Gasteiger partial charge in [-0.25, -0.2) is 0 Å². The lowest BCUT2D eigenvalue weighted by Crippen LogP contribution is -2.46. The number of fused-ring (bicyclic) bond motifs is 1. The maximum Gasteiger partial charge on any atom is 0.228 e. The summed E-state index contributed by atoms with van der Waals surface area (Å²) in [6.07, 6.45) is 4.41. The highest BCUT2D eigenvalue weighted by molar-refractivity contribution is 5.95. The van der Waals surface area contributed by atoms with Gasteiger partial charge in [0, 0.05) is 0 Å². The molecule has 1 saturated heterocycles. The van der Waals surface area contributed by atoms with E-state index in [0.29, 0.717) is 0 Å². The van der Waals surface area contributed by atoms with Gasteiger partial charge in [-0.3, -0.25) is 4.79 Å². The number of hydrogen-bond acceptors (Lipinski definition) is 2. The molecular formula is C22H30N2O. The number of carbonyl (C=O) groups excluding carboxylic acids is 1. The zero-order valence-electron chi connectivity index (χ0n) is 15.5. The topological polar surface area (TPSA) is 46.3 Å². The van der Waals surface area contributed by atoms with Crippen LogP contribution in [0.5, 0.6) is 0 Å². The number of hydrogen-bond donors (Lipinski definition) is 1. The number of carbonyl (C=O) groups is 1. The molecule has 3 nitrogen and oxygen atoms in total. The van der Waals surface area contributed by atoms with Crippen molar-refractivity contribution in [1.82, 2.24) is 4.90 Å². The maximum atomic E-state index is 12.7. The fourth-order valence-corrected chi connectivity index (χ4v) is 4.48.